The van der Waals surface area contributed by atoms with Crippen molar-refractivity contribution in [3.8, 4) is 12.3 Å². The molecule has 1 aromatic rings. The van der Waals surface area contributed by atoms with E-state index in [1.807, 2.05) is 0 Å². The van der Waals surface area contributed by atoms with Crippen LogP contribution in [0.1, 0.15) is 24.2 Å². The maximum Gasteiger partial charge on any atom is 0.257 e. The van der Waals surface area contributed by atoms with Crippen molar-refractivity contribution >= 4 is 5.91 Å². The minimum Gasteiger partial charge on any atom is -0.364 e. The predicted octanol–water partition coefficient (Wildman–Crippen LogP) is 0.816. The Kier molecular flexibility index (Phi) is 2.38. The average molecular weight is 178 g/mol. The highest BCUT2D eigenvalue weighted by atomic mass is 16.5. The molecular formula is C9H10N2O2. The summed E-state index contributed by atoms with van der Waals surface area (Å²) in [6.45, 7) is 3.47. The van der Waals surface area contributed by atoms with Crippen LogP contribution in [-0.4, -0.2) is 16.6 Å². The molecule has 0 aromatic carbocycles. The summed E-state index contributed by atoms with van der Waals surface area (Å²) in [5.41, 5.74) is -0.294. The highest BCUT2D eigenvalue weighted by Crippen LogP contribution is 2.03. The molecule has 13 heavy (non-hydrogen) atoms. The second-order valence-electron chi connectivity index (χ2n) is 3.14. The number of terminal acetylenes is 1. The Hall–Kier alpha value is -1.76. The fraction of sp³-hybridized carbons (Fsp3) is 0.333. The van der Waals surface area contributed by atoms with Gasteiger partial charge in [0.15, 0.2) is 0 Å². The van der Waals surface area contributed by atoms with Crippen molar-refractivity contribution in [2.75, 3.05) is 0 Å². The van der Waals surface area contributed by atoms with E-state index in [0.717, 1.165) is 0 Å². The molecule has 0 unspecified atom stereocenters. The van der Waals surface area contributed by atoms with Gasteiger partial charge in [0.1, 0.15) is 6.26 Å². The van der Waals surface area contributed by atoms with Gasteiger partial charge in [0, 0.05) is 0 Å². The second kappa shape index (κ2) is 3.31. The number of hydrogen-bond acceptors (Lipinski definition) is 3. The SMILES string of the molecule is C#CC(C)(C)NC(=O)c1cnoc1. The zero-order valence-electron chi connectivity index (χ0n) is 7.50. The van der Waals surface area contributed by atoms with Crippen molar-refractivity contribution in [1.82, 2.24) is 10.5 Å². The molecule has 0 saturated heterocycles. The Morgan fingerprint density at radius 3 is 2.92 bits per heavy atom. The maximum atomic E-state index is 11.4. The van der Waals surface area contributed by atoms with Crippen molar-refractivity contribution in [3.63, 3.8) is 0 Å². The van der Waals surface area contributed by atoms with Crippen LogP contribution in [0.15, 0.2) is 17.0 Å². The van der Waals surface area contributed by atoms with Gasteiger partial charge in [0.2, 0.25) is 0 Å². The Labute approximate surface area is 76.3 Å². The fourth-order valence-electron chi connectivity index (χ4n) is 0.709. The van der Waals surface area contributed by atoms with Crippen LogP contribution in [0.3, 0.4) is 0 Å². The van der Waals surface area contributed by atoms with Gasteiger partial charge in [-0.25, -0.2) is 0 Å². The van der Waals surface area contributed by atoms with Gasteiger partial charge in [0.05, 0.1) is 17.3 Å². The van der Waals surface area contributed by atoms with Crippen molar-refractivity contribution in [2.24, 2.45) is 0 Å². The van der Waals surface area contributed by atoms with Gasteiger partial charge in [-0.1, -0.05) is 11.1 Å². The van der Waals surface area contributed by atoms with Crippen LogP contribution in [-0.2, 0) is 0 Å². The Morgan fingerprint density at radius 1 is 1.77 bits per heavy atom. The van der Waals surface area contributed by atoms with Crippen LogP contribution < -0.4 is 5.32 Å². The fourth-order valence-corrected chi connectivity index (χ4v) is 0.709. The molecule has 1 rings (SSSR count). The first-order chi connectivity index (χ1) is 6.05. The molecule has 0 saturated carbocycles. The molecular weight excluding hydrogens is 168 g/mol. The molecule has 0 radical (unpaired) electrons. The minimum absolute atomic E-state index is 0.288. The van der Waals surface area contributed by atoms with Crippen molar-refractivity contribution in [3.05, 3.63) is 18.0 Å². The molecule has 0 spiro atoms. The minimum atomic E-state index is -0.658. The van der Waals surface area contributed by atoms with E-state index in [1.165, 1.54) is 12.5 Å². The van der Waals surface area contributed by atoms with Gasteiger partial charge in [0.25, 0.3) is 5.91 Å². The highest BCUT2D eigenvalue weighted by Gasteiger charge is 2.18. The van der Waals surface area contributed by atoms with Crippen molar-refractivity contribution < 1.29 is 9.32 Å². The summed E-state index contributed by atoms with van der Waals surface area (Å²) in [5.74, 6) is 2.16. The largest absolute Gasteiger partial charge is 0.364 e. The molecule has 0 aliphatic heterocycles. The topological polar surface area (TPSA) is 55.1 Å². The molecule has 1 N–H and O–H groups in total. The number of nitrogens with zero attached hydrogens (tertiary/aromatic N) is 1. The lowest BCUT2D eigenvalue weighted by atomic mass is 10.1. The third kappa shape index (κ3) is 2.34. The first-order valence-electron chi connectivity index (χ1n) is 3.75. The van der Waals surface area contributed by atoms with Gasteiger partial charge >= 0.3 is 0 Å². The van der Waals surface area contributed by atoms with Crippen LogP contribution in [0.4, 0.5) is 0 Å². The molecule has 1 amide bonds. The quantitative estimate of drug-likeness (QED) is 0.682. The Balaban J connectivity index is 2.68. The molecule has 0 bridgehead atoms. The molecule has 68 valence electrons. The zero-order chi connectivity index (χ0) is 9.90. The lowest BCUT2D eigenvalue weighted by molar-refractivity contribution is 0.0929. The number of nitrogens with one attached hydrogen (secondary N) is 1. The molecule has 0 atom stereocenters. The summed E-state index contributed by atoms with van der Waals surface area (Å²) < 4.78 is 4.52. The van der Waals surface area contributed by atoms with Crippen LogP contribution in [0, 0.1) is 12.3 Å². The molecule has 1 aromatic heterocycles. The lowest BCUT2D eigenvalue weighted by Gasteiger charge is -2.18. The Bertz CT molecular complexity index is 333. The van der Waals surface area contributed by atoms with Crippen LogP contribution in [0.2, 0.25) is 0 Å². The molecule has 0 aliphatic rings. The molecule has 4 nitrogen and oxygen atoms in total. The second-order valence-corrected chi connectivity index (χ2v) is 3.14. The molecule has 4 heteroatoms. The van der Waals surface area contributed by atoms with E-state index in [2.05, 4.69) is 20.9 Å². The van der Waals surface area contributed by atoms with Gasteiger partial charge in [-0.2, -0.15) is 0 Å². The average Bonchev–Trinajstić information content (AvgIpc) is 2.55. The van der Waals surface area contributed by atoms with E-state index in [1.54, 1.807) is 13.8 Å². The summed E-state index contributed by atoms with van der Waals surface area (Å²) in [6, 6.07) is 0. The normalized spacial score (nSPS) is 10.5. The van der Waals surface area contributed by atoms with E-state index in [0.29, 0.717) is 5.56 Å². The van der Waals surface area contributed by atoms with Crippen LogP contribution in [0.5, 0.6) is 0 Å². The van der Waals surface area contributed by atoms with Crippen LogP contribution in [0.25, 0.3) is 0 Å². The van der Waals surface area contributed by atoms with Crippen molar-refractivity contribution in [1.29, 1.82) is 0 Å². The van der Waals surface area contributed by atoms with E-state index < -0.39 is 5.54 Å². The smallest absolute Gasteiger partial charge is 0.257 e. The zero-order valence-corrected chi connectivity index (χ0v) is 7.50. The lowest BCUT2D eigenvalue weighted by Crippen LogP contribution is -2.41. The molecule has 0 aliphatic carbocycles. The number of carbonyl (C=O) groups excluding carboxylic acids is 1. The van der Waals surface area contributed by atoms with E-state index >= 15 is 0 Å². The molecule has 1 heterocycles. The number of carbonyl (C=O) groups is 1. The summed E-state index contributed by atoms with van der Waals surface area (Å²) in [7, 11) is 0. The van der Waals surface area contributed by atoms with Crippen LogP contribution >= 0.6 is 0 Å². The summed E-state index contributed by atoms with van der Waals surface area (Å²) in [5, 5.41) is 6.04. The Morgan fingerprint density at radius 2 is 2.46 bits per heavy atom. The van der Waals surface area contributed by atoms with E-state index in [9.17, 15) is 4.79 Å². The monoisotopic (exact) mass is 178 g/mol. The summed E-state index contributed by atoms with van der Waals surface area (Å²) in [6.07, 6.45) is 7.81. The van der Waals surface area contributed by atoms with Gasteiger partial charge in [-0.05, 0) is 13.8 Å². The van der Waals surface area contributed by atoms with E-state index in [4.69, 9.17) is 6.42 Å². The van der Waals surface area contributed by atoms with E-state index in [-0.39, 0.29) is 5.91 Å². The molecule has 0 fully saturated rings. The number of amides is 1. The first-order valence-corrected chi connectivity index (χ1v) is 3.75. The van der Waals surface area contributed by atoms with Gasteiger partial charge in [-0.3, -0.25) is 4.79 Å². The summed E-state index contributed by atoms with van der Waals surface area (Å²) >= 11 is 0. The number of rotatable bonds is 2. The van der Waals surface area contributed by atoms with Crippen molar-refractivity contribution in [2.45, 2.75) is 19.4 Å². The third-order valence-electron chi connectivity index (χ3n) is 1.48. The first kappa shape index (κ1) is 9.33. The maximum absolute atomic E-state index is 11.4. The highest BCUT2D eigenvalue weighted by molar-refractivity contribution is 5.94. The van der Waals surface area contributed by atoms with Gasteiger partial charge in [-0.15, -0.1) is 6.42 Å². The predicted molar refractivity (Wildman–Crippen MR) is 46.9 cm³/mol. The third-order valence-corrected chi connectivity index (χ3v) is 1.48. The standard InChI is InChI=1S/C9H10N2O2/c1-4-9(2,3)11-8(12)7-5-10-13-6-7/h1,5-6H,2-3H3,(H,11,12). The number of hydrogen-bond donors (Lipinski definition) is 1. The number of aromatic nitrogens is 1. The van der Waals surface area contributed by atoms with Gasteiger partial charge < -0.3 is 9.84 Å². The summed E-state index contributed by atoms with van der Waals surface area (Å²) in [4.78, 5) is 11.4.